The summed E-state index contributed by atoms with van der Waals surface area (Å²) in [7, 11) is 0. The third-order valence-electron chi connectivity index (χ3n) is 14.1. The van der Waals surface area contributed by atoms with E-state index in [2.05, 4.69) is 123 Å². The average molecular weight is 1110 g/mol. The van der Waals surface area contributed by atoms with Crippen molar-refractivity contribution in [3.63, 3.8) is 0 Å². The van der Waals surface area contributed by atoms with Gasteiger partial charge >= 0.3 is 5.97 Å². The second-order valence-corrected chi connectivity index (χ2v) is 21.4. The summed E-state index contributed by atoms with van der Waals surface area (Å²) in [5, 5.41) is 56.9. The minimum atomic E-state index is -1.63. The zero-order valence-corrected chi connectivity index (χ0v) is 50.0. The van der Waals surface area contributed by atoms with Crippen LogP contribution < -0.4 is 5.32 Å². The van der Waals surface area contributed by atoms with Crippen LogP contribution in [0.2, 0.25) is 0 Å². The van der Waals surface area contributed by atoms with Crippen molar-refractivity contribution in [3.8, 4) is 0 Å². The van der Waals surface area contributed by atoms with Crippen molar-refractivity contribution in [1.82, 2.24) is 5.32 Å². The van der Waals surface area contributed by atoms with Gasteiger partial charge in [0.1, 0.15) is 24.4 Å². The minimum absolute atomic E-state index is 0.0925. The molecule has 0 aromatic carbocycles. The van der Waals surface area contributed by atoms with E-state index in [9.17, 15) is 35.1 Å². The molecule has 1 aliphatic heterocycles. The molecule has 1 fully saturated rings. The predicted octanol–water partition coefficient (Wildman–Crippen LogP) is 15.3. The Labute approximate surface area is 481 Å². The molecule has 8 atom stereocenters. The van der Waals surface area contributed by atoms with E-state index in [0.717, 1.165) is 116 Å². The standard InChI is InChI=1S/C68H115NO10/c1-4-7-10-13-16-19-22-24-26-28-30-31-32-34-36-38-41-44-47-50-53-56-63(73)79-66-65(75)64(74)62(57-70)78-68(66)77-58-59(60(71)54-51-48-45-42-39-21-18-15-12-9-6-3)69-67(76)61(72)55-52-49-46-43-40-37-35-33-29-27-25-23-20-17-14-11-8-5-2/h16-17,19-20,24-27,30-31,33-36,40,43,51,54,59-62,64-66,68,70-72,74-75H,4-15,18,21-23,28-29,32,37-39,41-42,44-50,52-53,55-58H2,1-3H3,(H,69,76)/b19-16-,20-17-,26-24-,27-25-,31-30-,35-33-,36-34-,43-40-,54-51+. The first kappa shape index (κ1) is 73.3. The molecule has 0 aliphatic carbocycles. The molecular weight excluding hydrogens is 991 g/mol. The number of ether oxygens (including phenoxy) is 3. The van der Waals surface area contributed by atoms with Gasteiger partial charge in [0.25, 0.3) is 0 Å². The van der Waals surface area contributed by atoms with Crippen molar-refractivity contribution in [1.29, 1.82) is 0 Å². The van der Waals surface area contributed by atoms with Gasteiger partial charge in [-0.25, -0.2) is 0 Å². The van der Waals surface area contributed by atoms with Gasteiger partial charge in [0, 0.05) is 6.42 Å². The Morgan fingerprint density at radius 3 is 1.33 bits per heavy atom. The van der Waals surface area contributed by atoms with Crippen molar-refractivity contribution in [2.75, 3.05) is 13.2 Å². The lowest BCUT2D eigenvalue weighted by Crippen LogP contribution is -2.61. The third kappa shape index (κ3) is 42.8. The van der Waals surface area contributed by atoms with E-state index in [1.165, 1.54) is 83.5 Å². The molecule has 11 nitrogen and oxygen atoms in total. The molecular formula is C68H115NO10. The topological polar surface area (TPSA) is 175 Å². The highest BCUT2D eigenvalue weighted by molar-refractivity contribution is 5.80. The van der Waals surface area contributed by atoms with Crippen LogP contribution in [0.5, 0.6) is 0 Å². The Bertz CT molecular complexity index is 1700. The zero-order valence-electron chi connectivity index (χ0n) is 50.0. The molecule has 8 unspecified atom stereocenters. The summed E-state index contributed by atoms with van der Waals surface area (Å²) in [5.41, 5.74) is 0. The van der Waals surface area contributed by atoms with E-state index < -0.39 is 67.4 Å². The lowest BCUT2D eigenvalue weighted by Gasteiger charge is -2.41. The van der Waals surface area contributed by atoms with E-state index in [1.54, 1.807) is 6.08 Å². The van der Waals surface area contributed by atoms with Crippen LogP contribution in [-0.2, 0) is 23.8 Å². The summed E-state index contributed by atoms with van der Waals surface area (Å²) in [5.74, 6) is -1.25. The fraction of sp³-hybridized carbons (Fsp3) is 0.706. The summed E-state index contributed by atoms with van der Waals surface area (Å²) in [6.45, 7) is 5.68. The van der Waals surface area contributed by atoms with Crippen LogP contribution >= 0.6 is 0 Å². The minimum Gasteiger partial charge on any atom is -0.454 e. The van der Waals surface area contributed by atoms with Gasteiger partial charge in [0.2, 0.25) is 5.91 Å². The quantitative estimate of drug-likeness (QED) is 0.0195. The van der Waals surface area contributed by atoms with Crippen LogP contribution in [0.3, 0.4) is 0 Å². The van der Waals surface area contributed by atoms with Gasteiger partial charge in [0.05, 0.1) is 25.4 Å². The maximum absolute atomic E-state index is 13.4. The first-order chi connectivity index (χ1) is 38.7. The Morgan fingerprint density at radius 1 is 0.494 bits per heavy atom. The van der Waals surface area contributed by atoms with E-state index in [4.69, 9.17) is 14.2 Å². The SMILES string of the molecule is CCCCC/C=C\C/C=C\C/C=C\C/C=C\CCCCCCCC(=O)OC1C(OCC(NC(=O)C(O)CCCC/C=C\C/C=C\C/C=C\C/C=C\CCCCC)C(O)/C=C/CCCCCCCCCCC)OC(CO)C(O)C1O. The number of allylic oxidation sites excluding steroid dienone is 17. The lowest BCUT2D eigenvalue weighted by molar-refractivity contribution is -0.305. The average Bonchev–Trinajstić information content (AvgIpc) is 3.47. The molecule has 0 saturated carbocycles. The van der Waals surface area contributed by atoms with Gasteiger partial charge in [0.15, 0.2) is 12.4 Å². The highest BCUT2D eigenvalue weighted by Gasteiger charge is 2.47. The van der Waals surface area contributed by atoms with Crippen LogP contribution in [0.15, 0.2) is 109 Å². The number of amides is 1. The van der Waals surface area contributed by atoms with E-state index in [0.29, 0.717) is 12.8 Å². The van der Waals surface area contributed by atoms with Crippen molar-refractivity contribution in [3.05, 3.63) is 109 Å². The molecule has 11 heteroatoms. The maximum Gasteiger partial charge on any atom is 0.306 e. The summed E-state index contributed by atoms with van der Waals surface area (Å²) < 4.78 is 17.6. The molecule has 0 spiro atoms. The van der Waals surface area contributed by atoms with Crippen LogP contribution in [0.25, 0.3) is 0 Å². The Kier molecular flexibility index (Phi) is 50.9. The van der Waals surface area contributed by atoms with E-state index in [1.807, 2.05) is 6.08 Å². The van der Waals surface area contributed by atoms with Gasteiger partial charge < -0.3 is 45.1 Å². The molecule has 452 valence electrons. The molecule has 79 heavy (non-hydrogen) atoms. The van der Waals surface area contributed by atoms with Gasteiger partial charge in [-0.05, 0) is 116 Å². The zero-order chi connectivity index (χ0) is 57.5. The smallest absolute Gasteiger partial charge is 0.306 e. The number of unbranched alkanes of at least 4 members (excludes halogenated alkanes) is 22. The van der Waals surface area contributed by atoms with E-state index in [-0.39, 0.29) is 19.4 Å². The number of carbonyl (C=O) groups is 2. The van der Waals surface area contributed by atoms with Crippen LogP contribution in [0, 0.1) is 0 Å². The molecule has 1 amide bonds. The number of carbonyl (C=O) groups excluding carboxylic acids is 2. The molecule has 0 aromatic heterocycles. The lowest BCUT2D eigenvalue weighted by atomic mass is 9.99. The summed E-state index contributed by atoms with van der Waals surface area (Å²) in [6.07, 6.45) is 64.0. The normalized spacial score (nSPS) is 19.6. The Hall–Kier alpha value is -3.68. The van der Waals surface area contributed by atoms with Crippen molar-refractivity contribution >= 4 is 11.9 Å². The van der Waals surface area contributed by atoms with Gasteiger partial charge in [-0.15, -0.1) is 0 Å². The fourth-order valence-corrected chi connectivity index (χ4v) is 9.09. The van der Waals surface area contributed by atoms with Crippen LogP contribution in [-0.4, -0.2) is 99.6 Å². The number of aliphatic hydroxyl groups is 5. The molecule has 0 bridgehead atoms. The molecule has 0 radical (unpaired) electrons. The highest BCUT2D eigenvalue weighted by atomic mass is 16.7. The largest absolute Gasteiger partial charge is 0.454 e. The van der Waals surface area contributed by atoms with Gasteiger partial charge in [-0.3, -0.25) is 9.59 Å². The molecule has 6 N–H and O–H groups in total. The molecule has 1 aliphatic rings. The number of hydrogen-bond acceptors (Lipinski definition) is 10. The summed E-state index contributed by atoms with van der Waals surface area (Å²) in [6, 6.07) is -1.05. The number of esters is 1. The third-order valence-corrected chi connectivity index (χ3v) is 14.1. The molecule has 1 heterocycles. The number of hydrogen-bond donors (Lipinski definition) is 6. The predicted molar refractivity (Wildman–Crippen MR) is 328 cm³/mol. The Morgan fingerprint density at radius 2 is 0.873 bits per heavy atom. The maximum atomic E-state index is 13.4. The second kappa shape index (κ2) is 54.9. The first-order valence-electron chi connectivity index (χ1n) is 31.7. The fourth-order valence-electron chi connectivity index (χ4n) is 9.09. The first-order valence-corrected chi connectivity index (χ1v) is 31.7. The second-order valence-electron chi connectivity index (χ2n) is 21.4. The van der Waals surface area contributed by atoms with Gasteiger partial charge in [-0.1, -0.05) is 233 Å². The number of nitrogens with one attached hydrogen (secondary N) is 1. The summed E-state index contributed by atoms with van der Waals surface area (Å²) in [4.78, 5) is 26.5. The van der Waals surface area contributed by atoms with E-state index >= 15 is 0 Å². The highest BCUT2D eigenvalue weighted by Crippen LogP contribution is 2.26. The number of aliphatic hydroxyl groups excluding tert-OH is 5. The van der Waals surface area contributed by atoms with Crippen molar-refractivity contribution < 1.29 is 49.3 Å². The van der Waals surface area contributed by atoms with Crippen molar-refractivity contribution in [2.24, 2.45) is 0 Å². The van der Waals surface area contributed by atoms with Gasteiger partial charge in [-0.2, -0.15) is 0 Å². The Balaban J connectivity index is 2.70. The summed E-state index contributed by atoms with van der Waals surface area (Å²) >= 11 is 0. The molecule has 1 saturated heterocycles. The van der Waals surface area contributed by atoms with Crippen molar-refractivity contribution in [2.45, 2.75) is 294 Å². The molecule has 1 rings (SSSR count). The molecule has 0 aromatic rings. The number of rotatable bonds is 52. The monoisotopic (exact) mass is 1110 g/mol. The van der Waals surface area contributed by atoms with Crippen LogP contribution in [0.1, 0.15) is 245 Å². The van der Waals surface area contributed by atoms with Crippen LogP contribution in [0.4, 0.5) is 0 Å².